The van der Waals surface area contributed by atoms with Gasteiger partial charge >= 0.3 is 0 Å². The maximum absolute atomic E-state index is 15.5. The van der Waals surface area contributed by atoms with E-state index < -0.39 is 21.9 Å². The number of sulfonamides is 1. The lowest BCUT2D eigenvalue weighted by molar-refractivity contribution is 0.0668. The zero-order valence-corrected chi connectivity index (χ0v) is 20.1. The Balaban J connectivity index is 1.44. The van der Waals surface area contributed by atoms with Crippen molar-refractivity contribution in [2.75, 3.05) is 39.2 Å². The number of fused-ring (bicyclic) bond motifs is 3. The molecule has 1 aromatic heterocycles. The maximum atomic E-state index is 15.5. The fraction of sp³-hybridized carbons (Fsp3) is 0.440. The molecule has 0 aliphatic carbocycles. The molecule has 2 aliphatic rings. The topological polar surface area (TPSA) is 65.6 Å². The van der Waals surface area contributed by atoms with Crippen LogP contribution in [0.3, 0.4) is 0 Å². The molecule has 0 spiro atoms. The Morgan fingerprint density at radius 2 is 1.94 bits per heavy atom. The Labute approximate surface area is 198 Å². The van der Waals surface area contributed by atoms with Crippen LogP contribution in [-0.4, -0.2) is 67.8 Å². The minimum Gasteiger partial charge on any atom is -0.492 e. The van der Waals surface area contributed by atoms with E-state index in [-0.39, 0.29) is 24.2 Å². The lowest BCUT2D eigenvalue weighted by Gasteiger charge is -2.39. The number of H-pyrrole nitrogens is 1. The SMILES string of the molecule is C[C@@H]1Cc2c([nH]c3ccccc23)[C@@H](c2ccc(OCCN3CC(CF)C3)cc2F)N1S(C)(=O)=O. The maximum Gasteiger partial charge on any atom is 0.212 e. The van der Waals surface area contributed by atoms with Gasteiger partial charge in [-0.2, -0.15) is 4.31 Å². The fourth-order valence-electron chi connectivity index (χ4n) is 5.32. The van der Waals surface area contributed by atoms with Crippen molar-refractivity contribution in [3.63, 3.8) is 0 Å². The number of alkyl halides is 1. The molecule has 5 rings (SSSR count). The predicted molar refractivity (Wildman–Crippen MR) is 128 cm³/mol. The zero-order chi connectivity index (χ0) is 24.0. The second kappa shape index (κ2) is 8.94. The molecular weight excluding hydrogens is 460 g/mol. The number of likely N-dealkylation sites (tertiary alicyclic amines) is 1. The first-order valence-electron chi connectivity index (χ1n) is 11.5. The summed E-state index contributed by atoms with van der Waals surface area (Å²) in [6.45, 7) is 4.03. The normalized spacial score (nSPS) is 22.0. The zero-order valence-electron chi connectivity index (χ0n) is 19.3. The molecule has 1 fully saturated rings. The molecule has 0 saturated carbocycles. The summed E-state index contributed by atoms with van der Waals surface area (Å²) < 4.78 is 60.8. The molecule has 0 radical (unpaired) electrons. The molecule has 3 aromatic rings. The van der Waals surface area contributed by atoms with Crippen molar-refractivity contribution in [2.45, 2.75) is 25.4 Å². The van der Waals surface area contributed by atoms with Crippen LogP contribution in [0.5, 0.6) is 5.75 Å². The molecular formula is C25H29F2N3O3S. The largest absolute Gasteiger partial charge is 0.492 e. The molecule has 2 aromatic carbocycles. The number of rotatable bonds is 7. The summed E-state index contributed by atoms with van der Waals surface area (Å²) in [5.74, 6) is -0.0197. The molecule has 1 N–H and O–H groups in total. The van der Waals surface area contributed by atoms with E-state index in [9.17, 15) is 12.8 Å². The van der Waals surface area contributed by atoms with Crippen LogP contribution in [0, 0.1) is 11.7 Å². The van der Waals surface area contributed by atoms with E-state index >= 15 is 4.39 Å². The number of benzene rings is 2. The smallest absolute Gasteiger partial charge is 0.212 e. The van der Waals surface area contributed by atoms with Gasteiger partial charge in [0.05, 0.1) is 19.0 Å². The van der Waals surface area contributed by atoms with Gasteiger partial charge in [0.1, 0.15) is 18.2 Å². The Bertz CT molecular complexity index is 1300. The standard InChI is InChI=1S/C25H29F2N3O3S/c1-16-11-21-19-5-3-4-6-23(19)28-24(21)25(30(16)34(2,31)32)20-8-7-18(12-22(20)27)33-10-9-29-14-17(13-26)15-29/h3-8,12,16-17,25,28H,9-11,13-15H2,1-2H3/t16-,25-/m1/s1. The van der Waals surface area contributed by atoms with Crippen LogP contribution in [0.4, 0.5) is 8.78 Å². The third-order valence-corrected chi connectivity index (χ3v) is 8.22. The van der Waals surface area contributed by atoms with Crippen molar-refractivity contribution in [1.29, 1.82) is 0 Å². The van der Waals surface area contributed by atoms with Gasteiger partial charge in [0, 0.05) is 59.8 Å². The van der Waals surface area contributed by atoms with Crippen molar-refractivity contribution < 1.29 is 21.9 Å². The lowest BCUT2D eigenvalue weighted by Crippen LogP contribution is -2.49. The second-order valence-electron chi connectivity index (χ2n) is 9.42. The molecule has 6 nitrogen and oxygen atoms in total. The summed E-state index contributed by atoms with van der Waals surface area (Å²) in [4.78, 5) is 5.46. The molecule has 0 amide bonds. The average molecular weight is 490 g/mol. The van der Waals surface area contributed by atoms with Crippen LogP contribution in [0.2, 0.25) is 0 Å². The van der Waals surface area contributed by atoms with Gasteiger partial charge in [-0.05, 0) is 31.0 Å². The molecule has 0 unspecified atom stereocenters. The Morgan fingerprint density at radius 1 is 1.18 bits per heavy atom. The summed E-state index contributed by atoms with van der Waals surface area (Å²) in [6.07, 6.45) is 1.72. The third-order valence-electron chi connectivity index (χ3n) is 6.89. The number of nitrogens with one attached hydrogen (secondary N) is 1. The Kier molecular flexibility index (Phi) is 6.12. The van der Waals surface area contributed by atoms with Crippen LogP contribution >= 0.6 is 0 Å². The van der Waals surface area contributed by atoms with Crippen molar-refractivity contribution >= 4 is 20.9 Å². The summed E-state index contributed by atoms with van der Waals surface area (Å²) in [7, 11) is -3.62. The van der Waals surface area contributed by atoms with Gasteiger partial charge in [0.2, 0.25) is 10.0 Å². The van der Waals surface area contributed by atoms with E-state index in [0.29, 0.717) is 31.0 Å². The highest BCUT2D eigenvalue weighted by Crippen LogP contribution is 2.43. The molecule has 182 valence electrons. The summed E-state index contributed by atoms with van der Waals surface area (Å²) in [6, 6.07) is 11.3. The van der Waals surface area contributed by atoms with Gasteiger partial charge in [0.15, 0.2) is 0 Å². The number of aromatic amines is 1. The number of nitrogens with zero attached hydrogens (tertiary/aromatic N) is 2. The van der Waals surface area contributed by atoms with E-state index in [1.54, 1.807) is 12.1 Å². The highest BCUT2D eigenvalue weighted by Gasteiger charge is 2.41. The Morgan fingerprint density at radius 3 is 2.65 bits per heavy atom. The van der Waals surface area contributed by atoms with Crippen molar-refractivity contribution in [2.24, 2.45) is 5.92 Å². The van der Waals surface area contributed by atoms with Crippen LogP contribution in [-0.2, 0) is 16.4 Å². The molecule has 34 heavy (non-hydrogen) atoms. The molecule has 9 heteroatoms. The highest BCUT2D eigenvalue weighted by molar-refractivity contribution is 7.88. The summed E-state index contributed by atoms with van der Waals surface area (Å²) in [5.41, 5.74) is 2.92. The van der Waals surface area contributed by atoms with Gasteiger partial charge < -0.3 is 9.72 Å². The number of ether oxygens (including phenoxy) is 1. The molecule has 2 atom stereocenters. The lowest BCUT2D eigenvalue weighted by atomic mass is 9.90. The molecule has 0 bridgehead atoms. The van der Waals surface area contributed by atoms with E-state index in [1.165, 1.54) is 16.6 Å². The summed E-state index contributed by atoms with van der Waals surface area (Å²) in [5, 5.41) is 1.03. The first-order valence-corrected chi connectivity index (χ1v) is 13.4. The minimum absolute atomic E-state index is 0.113. The molecule has 1 saturated heterocycles. The summed E-state index contributed by atoms with van der Waals surface area (Å²) >= 11 is 0. The number of para-hydroxylation sites is 1. The van der Waals surface area contributed by atoms with Crippen molar-refractivity contribution in [3.8, 4) is 5.75 Å². The monoisotopic (exact) mass is 489 g/mol. The van der Waals surface area contributed by atoms with E-state index in [1.807, 2.05) is 31.2 Å². The van der Waals surface area contributed by atoms with Crippen LogP contribution in [0.25, 0.3) is 10.9 Å². The number of hydrogen-bond acceptors (Lipinski definition) is 4. The fourth-order valence-corrected chi connectivity index (χ4v) is 6.65. The van der Waals surface area contributed by atoms with Gasteiger partial charge in [-0.1, -0.05) is 24.3 Å². The molecule has 3 heterocycles. The van der Waals surface area contributed by atoms with Crippen molar-refractivity contribution in [3.05, 3.63) is 65.1 Å². The average Bonchev–Trinajstić information content (AvgIpc) is 3.12. The van der Waals surface area contributed by atoms with Gasteiger partial charge in [-0.3, -0.25) is 9.29 Å². The van der Waals surface area contributed by atoms with Crippen LogP contribution in [0.1, 0.15) is 29.8 Å². The van der Waals surface area contributed by atoms with Crippen molar-refractivity contribution in [1.82, 2.24) is 14.2 Å². The quantitative estimate of drug-likeness (QED) is 0.547. The third kappa shape index (κ3) is 4.21. The molecule has 2 aliphatic heterocycles. The van der Waals surface area contributed by atoms with Gasteiger partial charge in [0.25, 0.3) is 0 Å². The van der Waals surface area contributed by atoms with E-state index in [2.05, 4.69) is 9.88 Å². The van der Waals surface area contributed by atoms with Crippen LogP contribution < -0.4 is 4.74 Å². The number of halogens is 2. The van der Waals surface area contributed by atoms with E-state index in [4.69, 9.17) is 4.74 Å². The van der Waals surface area contributed by atoms with E-state index in [0.717, 1.165) is 29.6 Å². The second-order valence-corrected chi connectivity index (χ2v) is 11.3. The predicted octanol–water partition coefficient (Wildman–Crippen LogP) is 3.88. The first kappa shape index (κ1) is 23.3. The van der Waals surface area contributed by atoms with Gasteiger partial charge in [-0.15, -0.1) is 0 Å². The van der Waals surface area contributed by atoms with Crippen LogP contribution in [0.15, 0.2) is 42.5 Å². The van der Waals surface area contributed by atoms with Gasteiger partial charge in [-0.25, -0.2) is 12.8 Å². The minimum atomic E-state index is -3.62. The highest BCUT2D eigenvalue weighted by atomic mass is 32.2. The number of hydrogen-bond donors (Lipinski definition) is 1. The number of aromatic nitrogens is 1. The Hall–Kier alpha value is -2.49. The first-order chi connectivity index (χ1) is 16.3.